The lowest BCUT2D eigenvalue weighted by Gasteiger charge is -2.14. The van der Waals surface area contributed by atoms with Crippen molar-refractivity contribution in [2.45, 2.75) is 0 Å². The van der Waals surface area contributed by atoms with Crippen molar-refractivity contribution in [2.24, 2.45) is 0 Å². The lowest BCUT2D eigenvalue weighted by molar-refractivity contribution is 0.0986. The number of imidazole rings is 1. The number of hydrogen-bond donors (Lipinski definition) is 4. The van der Waals surface area contributed by atoms with Gasteiger partial charge in [-0.3, -0.25) is 9.97 Å². The maximum absolute atomic E-state index is 9.18. The third kappa shape index (κ3) is 9.15. The minimum atomic E-state index is 0.286. The zero-order valence-electron chi connectivity index (χ0n) is 32.3. The largest absolute Gasteiger partial charge is 0.494 e. The van der Waals surface area contributed by atoms with E-state index in [-0.39, 0.29) is 5.65 Å². The van der Waals surface area contributed by atoms with E-state index in [0.717, 1.165) is 20.8 Å². The van der Waals surface area contributed by atoms with Gasteiger partial charge in [-0.25, -0.2) is 19.9 Å². The van der Waals surface area contributed by atoms with Crippen LogP contribution in [0.5, 0.6) is 5.75 Å². The first-order valence-corrected chi connectivity index (χ1v) is 17.0. The fraction of sp³-hybridized carbons (Fsp3) is 0.152. The van der Waals surface area contributed by atoms with Gasteiger partial charge < -0.3 is 40.2 Å². The highest BCUT2D eigenvalue weighted by atomic mass is 16.7. The SMILES string of the molecule is C=C(On1nnc2cccnc21)N(C)C.CN(C)c1ccnc2c1nnn2O.COc1ccnc2c1nnn2O.On1cnc2ccncc21.On1nnc2cnccc21. The van der Waals surface area contributed by atoms with Crippen LogP contribution in [0, 0.1) is 0 Å². The summed E-state index contributed by atoms with van der Waals surface area (Å²) in [6.07, 6.45) is 12.4. The Morgan fingerprint density at radius 2 is 1.27 bits per heavy atom. The van der Waals surface area contributed by atoms with E-state index >= 15 is 0 Å². The van der Waals surface area contributed by atoms with E-state index in [1.807, 2.05) is 45.2 Å². The zero-order chi connectivity index (χ0) is 42.8. The van der Waals surface area contributed by atoms with Gasteiger partial charge in [-0.15, -0.1) is 20.4 Å². The monoisotopic (exact) mass is 821 g/mol. The fourth-order valence-corrected chi connectivity index (χ4v) is 4.72. The van der Waals surface area contributed by atoms with E-state index in [2.05, 4.69) is 77.7 Å². The first kappa shape index (κ1) is 40.6. The second kappa shape index (κ2) is 18.3. The van der Waals surface area contributed by atoms with Crippen LogP contribution in [0.3, 0.4) is 0 Å². The van der Waals surface area contributed by atoms with Gasteiger partial charge in [0.1, 0.15) is 28.4 Å². The van der Waals surface area contributed by atoms with Gasteiger partial charge in [-0.2, -0.15) is 4.73 Å². The summed E-state index contributed by atoms with van der Waals surface area (Å²) in [6, 6.07) is 10.4. The highest BCUT2D eigenvalue weighted by molar-refractivity contribution is 5.84. The predicted octanol–water partition coefficient (Wildman–Crippen LogP) is 1.22. The molecule has 308 valence electrons. The zero-order valence-corrected chi connectivity index (χ0v) is 32.3. The van der Waals surface area contributed by atoms with Crippen LogP contribution in [0.2, 0.25) is 0 Å². The number of fused-ring (bicyclic) bond motifs is 5. The molecule has 0 aliphatic rings. The third-order valence-corrected chi connectivity index (χ3v) is 7.72. The summed E-state index contributed by atoms with van der Waals surface area (Å²) in [6.45, 7) is 3.72. The minimum absolute atomic E-state index is 0.286. The Bertz CT molecular complexity index is 2900. The van der Waals surface area contributed by atoms with Crippen LogP contribution in [0.15, 0.2) is 98.6 Å². The van der Waals surface area contributed by atoms with E-state index in [1.54, 1.807) is 60.1 Å². The molecule has 0 unspecified atom stereocenters. The summed E-state index contributed by atoms with van der Waals surface area (Å²) in [5, 5.41) is 65.2. The molecule has 0 saturated carbocycles. The van der Waals surface area contributed by atoms with Crippen LogP contribution in [0.1, 0.15) is 0 Å². The molecule has 27 heteroatoms. The van der Waals surface area contributed by atoms with E-state index in [0.29, 0.717) is 65.7 Å². The Morgan fingerprint density at radius 3 is 1.97 bits per heavy atom. The van der Waals surface area contributed by atoms with Crippen molar-refractivity contribution in [1.82, 2.24) is 100 Å². The number of anilines is 1. The summed E-state index contributed by atoms with van der Waals surface area (Å²) in [7, 11) is 8.96. The molecule has 4 N–H and O–H groups in total. The number of rotatable bonds is 5. The molecule has 10 aromatic heterocycles. The summed E-state index contributed by atoms with van der Waals surface area (Å²) >= 11 is 0. The molecule has 0 spiro atoms. The fourth-order valence-electron chi connectivity index (χ4n) is 4.72. The van der Waals surface area contributed by atoms with Crippen LogP contribution >= 0.6 is 0 Å². The van der Waals surface area contributed by atoms with E-state index < -0.39 is 0 Å². The van der Waals surface area contributed by atoms with Crippen LogP contribution < -0.4 is 14.5 Å². The number of methoxy groups -OCH3 is 1. The molecule has 27 nitrogen and oxygen atoms in total. The number of aromatic nitrogens is 19. The molecule has 60 heavy (non-hydrogen) atoms. The lowest BCUT2D eigenvalue weighted by Crippen LogP contribution is -2.22. The van der Waals surface area contributed by atoms with Crippen LogP contribution in [-0.4, -0.2) is 156 Å². The van der Waals surface area contributed by atoms with Gasteiger partial charge in [0.2, 0.25) is 22.8 Å². The number of ether oxygens (including phenoxy) is 1. The molecular weight excluding hydrogens is 787 g/mol. The Labute approximate surface area is 336 Å². The predicted molar refractivity (Wildman–Crippen MR) is 208 cm³/mol. The average Bonchev–Trinajstić information content (AvgIpc) is 4.12. The van der Waals surface area contributed by atoms with Crippen LogP contribution in [0.4, 0.5) is 5.69 Å². The van der Waals surface area contributed by atoms with Crippen molar-refractivity contribution < 1.29 is 30.4 Å². The van der Waals surface area contributed by atoms with Crippen molar-refractivity contribution in [3.8, 4) is 5.75 Å². The molecule has 0 aliphatic heterocycles. The van der Waals surface area contributed by atoms with Gasteiger partial charge in [0.05, 0.1) is 30.7 Å². The van der Waals surface area contributed by atoms with Crippen molar-refractivity contribution >= 4 is 61.2 Å². The standard InChI is InChI=1S/C9H11N5O.C7H9N5O.C6H6N4O2.C6H5N3O.C5H4N4O/c1-7(13(2)3)15-14-9-8(11-12-14)5-4-6-10-9;1-11(2)5-3-4-8-7-6(5)9-10-12(7)13;1-12-4-2-3-7-6-5(4)8-9-10(6)11;10-9-4-8-5-1-2-7-3-6(5)9;10-9-5-1-2-6-3-4(5)7-8-9/h4-6H,1H2,2-3H3;3-4,13H,1-2H3;2-3,11H,1H3;1-4,10H;1-3,10H. The lowest BCUT2D eigenvalue weighted by atomic mass is 10.3. The van der Waals surface area contributed by atoms with Crippen molar-refractivity contribution in [3.63, 3.8) is 0 Å². The molecule has 0 bridgehead atoms. The molecule has 10 aromatic rings. The Morgan fingerprint density at radius 1 is 0.617 bits per heavy atom. The maximum atomic E-state index is 9.18. The molecular formula is C33H35N21O6. The van der Waals surface area contributed by atoms with Gasteiger partial charge >= 0.3 is 0 Å². The van der Waals surface area contributed by atoms with E-state index in [9.17, 15) is 5.21 Å². The Kier molecular flexibility index (Phi) is 12.4. The summed E-state index contributed by atoms with van der Waals surface area (Å²) in [5.41, 5.74) is 6.35. The molecule has 10 rings (SSSR count). The second-order valence-corrected chi connectivity index (χ2v) is 12.0. The second-order valence-electron chi connectivity index (χ2n) is 12.0. The summed E-state index contributed by atoms with van der Waals surface area (Å²) in [4.78, 5) is 35.6. The van der Waals surface area contributed by atoms with E-state index in [4.69, 9.17) is 25.2 Å². The first-order valence-electron chi connectivity index (χ1n) is 17.0. The Hall–Kier alpha value is -9.04. The van der Waals surface area contributed by atoms with Gasteiger partial charge in [-0.1, -0.05) is 19.4 Å². The maximum Gasteiger partial charge on any atom is 0.223 e. The van der Waals surface area contributed by atoms with Crippen molar-refractivity contribution in [2.75, 3.05) is 40.2 Å². The number of nitrogens with zero attached hydrogens (tertiary/aromatic N) is 21. The van der Waals surface area contributed by atoms with E-state index in [1.165, 1.54) is 30.7 Å². The highest BCUT2D eigenvalue weighted by Gasteiger charge is 2.11. The van der Waals surface area contributed by atoms with Gasteiger partial charge in [0, 0.05) is 65.2 Å². The molecule has 0 aliphatic carbocycles. The molecule has 0 amide bonds. The minimum Gasteiger partial charge on any atom is -0.494 e. The van der Waals surface area contributed by atoms with Crippen molar-refractivity contribution in [3.05, 3.63) is 98.6 Å². The first-order chi connectivity index (χ1) is 29.0. The third-order valence-electron chi connectivity index (χ3n) is 7.72. The molecule has 0 fully saturated rings. The molecule has 0 saturated heterocycles. The smallest absolute Gasteiger partial charge is 0.223 e. The number of hydrogen-bond acceptors (Lipinski definition) is 22. The van der Waals surface area contributed by atoms with Gasteiger partial charge in [0.15, 0.2) is 16.8 Å². The van der Waals surface area contributed by atoms with Crippen molar-refractivity contribution in [1.29, 1.82) is 0 Å². The summed E-state index contributed by atoms with van der Waals surface area (Å²) < 4.78 is 5.92. The topological polar surface area (TPSA) is 311 Å². The Balaban J connectivity index is 0.000000127. The van der Waals surface area contributed by atoms with Gasteiger partial charge in [0.25, 0.3) is 0 Å². The molecule has 0 atom stereocenters. The summed E-state index contributed by atoms with van der Waals surface area (Å²) in [5.74, 6) is 1.01. The highest BCUT2D eigenvalue weighted by Crippen LogP contribution is 2.20. The normalized spacial score (nSPS) is 10.4. The molecule has 0 aromatic carbocycles. The quantitative estimate of drug-likeness (QED) is 0.140. The number of pyridine rings is 5. The van der Waals surface area contributed by atoms with Gasteiger partial charge in [-0.05, 0) is 57.8 Å². The molecule has 0 radical (unpaired) electrons. The molecule has 10 heterocycles. The van der Waals surface area contributed by atoms with Crippen LogP contribution in [0.25, 0.3) is 55.6 Å². The van der Waals surface area contributed by atoms with Crippen LogP contribution in [-0.2, 0) is 0 Å². The average molecular weight is 822 g/mol.